The van der Waals surface area contributed by atoms with Crippen LogP contribution in [0.25, 0.3) is 0 Å². The van der Waals surface area contributed by atoms with E-state index in [4.69, 9.17) is 4.74 Å². The second-order valence-electron chi connectivity index (χ2n) is 4.02. The van der Waals surface area contributed by atoms with Crippen LogP contribution in [-0.4, -0.2) is 12.6 Å². The van der Waals surface area contributed by atoms with Crippen molar-refractivity contribution in [3.8, 4) is 0 Å². The maximum absolute atomic E-state index is 11.0. The molecule has 0 aromatic carbocycles. The summed E-state index contributed by atoms with van der Waals surface area (Å²) in [4.78, 5) is 11.0. The molecule has 0 atom stereocenters. The third-order valence-corrected chi connectivity index (χ3v) is 2.45. The van der Waals surface area contributed by atoms with Crippen molar-refractivity contribution in [3.05, 3.63) is 12.2 Å². The van der Waals surface area contributed by atoms with Crippen LogP contribution in [-0.2, 0) is 9.53 Å². The zero-order chi connectivity index (χ0) is 12.1. The van der Waals surface area contributed by atoms with E-state index >= 15 is 0 Å². The number of allylic oxidation sites excluding steroid dienone is 2. The molecule has 0 amide bonds. The molecule has 0 aliphatic carbocycles. The molecule has 16 heavy (non-hydrogen) atoms. The Morgan fingerprint density at radius 1 is 1.00 bits per heavy atom. The molecule has 0 saturated heterocycles. The Bertz CT molecular complexity index is 185. The standard InChI is InChI=1S/C14H26O2/c1-3-5-6-7-8-9-10-11-12-13-14(15)16-4-2/h9-10H,3-8,11-13H2,1-2H3/b10-9+. The average Bonchev–Trinajstić information content (AvgIpc) is 2.27. The molecule has 0 rings (SSSR count). The predicted octanol–water partition coefficient (Wildman–Crippen LogP) is 4.25. The lowest BCUT2D eigenvalue weighted by molar-refractivity contribution is -0.143. The van der Waals surface area contributed by atoms with Gasteiger partial charge in [0.2, 0.25) is 0 Å². The lowest BCUT2D eigenvalue weighted by atomic mass is 10.1. The van der Waals surface area contributed by atoms with Crippen LogP contribution in [0.1, 0.15) is 65.2 Å². The lowest BCUT2D eigenvalue weighted by Gasteiger charge is -1.99. The summed E-state index contributed by atoms with van der Waals surface area (Å²) < 4.78 is 4.85. The number of ether oxygens (including phenoxy) is 1. The molecule has 0 aliphatic rings. The molecule has 0 spiro atoms. The van der Waals surface area contributed by atoms with E-state index in [1.165, 1.54) is 32.1 Å². The smallest absolute Gasteiger partial charge is 0.305 e. The van der Waals surface area contributed by atoms with E-state index in [1.54, 1.807) is 0 Å². The highest BCUT2D eigenvalue weighted by molar-refractivity contribution is 5.69. The SMILES string of the molecule is CCCCCC/C=C/CCCC(=O)OCC. The molecule has 0 saturated carbocycles. The summed E-state index contributed by atoms with van der Waals surface area (Å²) >= 11 is 0. The normalized spacial score (nSPS) is 10.9. The van der Waals surface area contributed by atoms with Gasteiger partial charge in [-0.1, -0.05) is 38.3 Å². The van der Waals surface area contributed by atoms with E-state index in [0.717, 1.165) is 12.8 Å². The Labute approximate surface area is 100 Å². The number of carbonyl (C=O) groups is 1. The van der Waals surface area contributed by atoms with Crippen LogP contribution in [0.15, 0.2) is 12.2 Å². The maximum Gasteiger partial charge on any atom is 0.305 e. The molecule has 0 fully saturated rings. The fourth-order valence-corrected chi connectivity index (χ4v) is 1.52. The summed E-state index contributed by atoms with van der Waals surface area (Å²) in [6, 6.07) is 0. The van der Waals surface area contributed by atoms with Gasteiger partial charge in [0, 0.05) is 6.42 Å². The monoisotopic (exact) mass is 226 g/mol. The van der Waals surface area contributed by atoms with Crippen molar-refractivity contribution in [2.75, 3.05) is 6.61 Å². The zero-order valence-electron chi connectivity index (χ0n) is 10.8. The highest BCUT2D eigenvalue weighted by Crippen LogP contribution is 2.04. The van der Waals surface area contributed by atoms with E-state index in [2.05, 4.69) is 19.1 Å². The molecule has 94 valence electrons. The van der Waals surface area contributed by atoms with Crippen LogP contribution < -0.4 is 0 Å². The van der Waals surface area contributed by atoms with Crippen molar-refractivity contribution in [1.82, 2.24) is 0 Å². The van der Waals surface area contributed by atoms with Gasteiger partial charge >= 0.3 is 5.97 Å². The van der Waals surface area contributed by atoms with Gasteiger partial charge in [-0.25, -0.2) is 0 Å². The summed E-state index contributed by atoms with van der Waals surface area (Å²) in [7, 11) is 0. The summed E-state index contributed by atoms with van der Waals surface area (Å²) in [6.07, 6.45) is 13.3. The predicted molar refractivity (Wildman–Crippen MR) is 68.4 cm³/mol. The summed E-state index contributed by atoms with van der Waals surface area (Å²) in [6.45, 7) is 4.56. The molecule has 0 radical (unpaired) electrons. The molecule has 0 bridgehead atoms. The van der Waals surface area contributed by atoms with E-state index < -0.39 is 0 Å². The van der Waals surface area contributed by atoms with E-state index in [0.29, 0.717) is 13.0 Å². The van der Waals surface area contributed by atoms with Gasteiger partial charge in [0.1, 0.15) is 0 Å². The molecule has 0 aromatic heterocycles. The van der Waals surface area contributed by atoms with E-state index in [1.807, 2.05) is 6.92 Å². The first-order valence-corrected chi connectivity index (χ1v) is 6.61. The fraction of sp³-hybridized carbons (Fsp3) is 0.786. The Kier molecular flexibility index (Phi) is 11.7. The largest absolute Gasteiger partial charge is 0.466 e. The van der Waals surface area contributed by atoms with Gasteiger partial charge in [0.15, 0.2) is 0 Å². The minimum absolute atomic E-state index is 0.0705. The molecule has 0 aromatic rings. The summed E-state index contributed by atoms with van der Waals surface area (Å²) in [5.74, 6) is -0.0705. The number of hydrogen-bond donors (Lipinski definition) is 0. The molecule has 0 N–H and O–H groups in total. The van der Waals surface area contributed by atoms with Gasteiger partial charge in [-0.2, -0.15) is 0 Å². The van der Waals surface area contributed by atoms with Crippen LogP contribution in [0.3, 0.4) is 0 Å². The first kappa shape index (κ1) is 15.2. The fourth-order valence-electron chi connectivity index (χ4n) is 1.52. The van der Waals surface area contributed by atoms with Crippen molar-refractivity contribution in [2.45, 2.75) is 65.2 Å². The minimum atomic E-state index is -0.0705. The van der Waals surface area contributed by atoms with Gasteiger partial charge < -0.3 is 4.74 Å². The number of rotatable bonds is 10. The van der Waals surface area contributed by atoms with Gasteiger partial charge in [-0.15, -0.1) is 0 Å². The lowest BCUT2D eigenvalue weighted by Crippen LogP contribution is -2.02. The third kappa shape index (κ3) is 11.3. The maximum atomic E-state index is 11.0. The van der Waals surface area contributed by atoms with Crippen molar-refractivity contribution in [2.24, 2.45) is 0 Å². The molecule has 2 heteroatoms. The molecular formula is C14H26O2. The van der Waals surface area contributed by atoms with Crippen molar-refractivity contribution in [1.29, 1.82) is 0 Å². The Morgan fingerprint density at radius 2 is 1.69 bits per heavy atom. The number of carbonyl (C=O) groups excluding carboxylic acids is 1. The molecule has 0 aliphatic heterocycles. The van der Waals surface area contributed by atoms with Crippen molar-refractivity contribution >= 4 is 5.97 Å². The van der Waals surface area contributed by atoms with Crippen LogP contribution in [0, 0.1) is 0 Å². The highest BCUT2D eigenvalue weighted by atomic mass is 16.5. The highest BCUT2D eigenvalue weighted by Gasteiger charge is 1.98. The number of esters is 1. The topological polar surface area (TPSA) is 26.3 Å². The van der Waals surface area contributed by atoms with Crippen LogP contribution >= 0.6 is 0 Å². The van der Waals surface area contributed by atoms with Gasteiger partial charge in [0.25, 0.3) is 0 Å². The quantitative estimate of drug-likeness (QED) is 0.316. The summed E-state index contributed by atoms with van der Waals surface area (Å²) in [5.41, 5.74) is 0. The van der Waals surface area contributed by atoms with Crippen molar-refractivity contribution < 1.29 is 9.53 Å². The van der Waals surface area contributed by atoms with Gasteiger partial charge in [-0.3, -0.25) is 4.79 Å². The number of unbranched alkanes of at least 4 members (excludes halogenated alkanes) is 5. The Balaban J connectivity index is 3.18. The Morgan fingerprint density at radius 3 is 2.31 bits per heavy atom. The first-order chi connectivity index (χ1) is 7.81. The second-order valence-corrected chi connectivity index (χ2v) is 4.02. The van der Waals surface area contributed by atoms with E-state index in [-0.39, 0.29) is 5.97 Å². The Hall–Kier alpha value is -0.790. The van der Waals surface area contributed by atoms with E-state index in [9.17, 15) is 4.79 Å². The van der Waals surface area contributed by atoms with Crippen molar-refractivity contribution in [3.63, 3.8) is 0 Å². The molecule has 0 heterocycles. The minimum Gasteiger partial charge on any atom is -0.466 e. The van der Waals surface area contributed by atoms with Crippen LogP contribution in [0.5, 0.6) is 0 Å². The number of hydrogen-bond acceptors (Lipinski definition) is 2. The summed E-state index contributed by atoms with van der Waals surface area (Å²) in [5, 5.41) is 0. The third-order valence-electron chi connectivity index (χ3n) is 2.45. The molecule has 0 unspecified atom stereocenters. The average molecular weight is 226 g/mol. The van der Waals surface area contributed by atoms with Gasteiger partial charge in [-0.05, 0) is 32.6 Å². The second kappa shape index (κ2) is 12.3. The van der Waals surface area contributed by atoms with Crippen LogP contribution in [0.4, 0.5) is 0 Å². The molecular weight excluding hydrogens is 200 g/mol. The first-order valence-electron chi connectivity index (χ1n) is 6.61. The van der Waals surface area contributed by atoms with Gasteiger partial charge in [0.05, 0.1) is 6.61 Å². The van der Waals surface area contributed by atoms with Crippen LogP contribution in [0.2, 0.25) is 0 Å². The zero-order valence-corrected chi connectivity index (χ0v) is 10.8. The molecule has 2 nitrogen and oxygen atoms in total.